The molecule has 1 unspecified atom stereocenters. The molecule has 1 aliphatic heterocycles. The molecule has 0 saturated carbocycles. The Morgan fingerprint density at radius 1 is 1.50 bits per heavy atom. The first-order valence-corrected chi connectivity index (χ1v) is 5.40. The SMILES string of the molecule is CC#CC(=O)N1CCCC1C.CCC. The lowest BCUT2D eigenvalue weighted by atomic mass is 10.2. The van der Waals surface area contributed by atoms with Gasteiger partial charge in [0.15, 0.2) is 0 Å². The molecule has 0 bridgehead atoms. The Balaban J connectivity index is 0.000000500. The zero-order valence-electron chi connectivity index (χ0n) is 9.76. The molecule has 0 aliphatic carbocycles. The minimum atomic E-state index is -0.0162. The molecule has 2 heteroatoms. The fraction of sp³-hybridized carbons (Fsp3) is 0.750. The minimum absolute atomic E-state index is 0.0162. The molecule has 1 amide bonds. The van der Waals surface area contributed by atoms with Crippen LogP contribution in [0, 0.1) is 11.8 Å². The summed E-state index contributed by atoms with van der Waals surface area (Å²) in [6.07, 6.45) is 3.50. The second-order valence-corrected chi connectivity index (χ2v) is 3.57. The van der Waals surface area contributed by atoms with Crippen LogP contribution in [-0.2, 0) is 4.79 Å². The van der Waals surface area contributed by atoms with Gasteiger partial charge >= 0.3 is 0 Å². The third-order valence-corrected chi connectivity index (χ3v) is 2.05. The highest BCUT2D eigenvalue weighted by molar-refractivity contribution is 5.93. The summed E-state index contributed by atoms with van der Waals surface area (Å²) < 4.78 is 0. The summed E-state index contributed by atoms with van der Waals surface area (Å²) in [6, 6.07) is 0.392. The quantitative estimate of drug-likeness (QED) is 0.544. The van der Waals surface area contributed by atoms with Gasteiger partial charge in [-0.25, -0.2) is 0 Å². The van der Waals surface area contributed by atoms with E-state index in [1.807, 2.05) is 4.90 Å². The van der Waals surface area contributed by atoms with Gasteiger partial charge in [0, 0.05) is 12.6 Å². The van der Waals surface area contributed by atoms with Gasteiger partial charge in [-0.3, -0.25) is 4.79 Å². The summed E-state index contributed by atoms with van der Waals surface area (Å²) in [4.78, 5) is 13.1. The van der Waals surface area contributed by atoms with Crippen LogP contribution in [0.1, 0.15) is 47.0 Å². The molecule has 80 valence electrons. The van der Waals surface area contributed by atoms with Crippen LogP contribution in [0.3, 0.4) is 0 Å². The molecular formula is C12H21NO. The summed E-state index contributed by atoms with van der Waals surface area (Å²) in [7, 11) is 0. The van der Waals surface area contributed by atoms with E-state index in [1.54, 1.807) is 6.92 Å². The summed E-state index contributed by atoms with van der Waals surface area (Å²) in [5.41, 5.74) is 0. The molecule has 0 radical (unpaired) electrons. The van der Waals surface area contributed by atoms with Crippen molar-refractivity contribution >= 4 is 5.91 Å². The van der Waals surface area contributed by atoms with Crippen molar-refractivity contribution < 1.29 is 4.79 Å². The number of nitrogens with zero attached hydrogens (tertiary/aromatic N) is 1. The zero-order valence-corrected chi connectivity index (χ0v) is 9.76. The number of carbonyl (C=O) groups is 1. The van der Waals surface area contributed by atoms with Gasteiger partial charge < -0.3 is 4.90 Å². The predicted molar refractivity (Wildman–Crippen MR) is 59.8 cm³/mol. The first-order chi connectivity index (χ1) is 6.67. The van der Waals surface area contributed by atoms with Gasteiger partial charge in [-0.1, -0.05) is 26.2 Å². The van der Waals surface area contributed by atoms with E-state index in [2.05, 4.69) is 32.6 Å². The Kier molecular flexibility index (Phi) is 6.92. The Bertz CT molecular complexity index is 224. The van der Waals surface area contributed by atoms with Gasteiger partial charge in [-0.05, 0) is 32.6 Å². The number of carbonyl (C=O) groups excluding carboxylic acids is 1. The number of likely N-dealkylation sites (tertiary alicyclic amines) is 1. The third-order valence-electron chi connectivity index (χ3n) is 2.05. The summed E-state index contributed by atoms with van der Waals surface area (Å²) in [5.74, 6) is 5.16. The average molecular weight is 195 g/mol. The smallest absolute Gasteiger partial charge is 0.298 e. The molecule has 1 heterocycles. The maximum absolute atomic E-state index is 11.2. The highest BCUT2D eigenvalue weighted by Gasteiger charge is 2.23. The van der Waals surface area contributed by atoms with E-state index in [0.29, 0.717) is 6.04 Å². The molecule has 0 aromatic rings. The lowest BCUT2D eigenvalue weighted by Crippen LogP contribution is -2.32. The van der Waals surface area contributed by atoms with Gasteiger partial charge in [-0.15, -0.1) is 0 Å². The molecule has 0 aromatic heterocycles. The van der Waals surface area contributed by atoms with E-state index in [0.717, 1.165) is 19.4 Å². The Morgan fingerprint density at radius 3 is 2.43 bits per heavy atom. The van der Waals surface area contributed by atoms with E-state index < -0.39 is 0 Å². The molecule has 2 nitrogen and oxygen atoms in total. The van der Waals surface area contributed by atoms with E-state index in [9.17, 15) is 4.79 Å². The van der Waals surface area contributed by atoms with Crippen molar-refractivity contribution in [3.05, 3.63) is 0 Å². The highest BCUT2D eigenvalue weighted by Crippen LogP contribution is 2.15. The van der Waals surface area contributed by atoms with Crippen LogP contribution < -0.4 is 0 Å². The molecular weight excluding hydrogens is 174 g/mol. The van der Waals surface area contributed by atoms with Crippen molar-refractivity contribution in [2.75, 3.05) is 6.54 Å². The van der Waals surface area contributed by atoms with Gasteiger partial charge in [-0.2, -0.15) is 0 Å². The monoisotopic (exact) mass is 195 g/mol. The second kappa shape index (κ2) is 7.44. The van der Waals surface area contributed by atoms with Crippen LogP contribution in [0.4, 0.5) is 0 Å². The van der Waals surface area contributed by atoms with E-state index in [1.165, 1.54) is 6.42 Å². The first kappa shape index (κ1) is 13.0. The number of hydrogen-bond acceptors (Lipinski definition) is 1. The fourth-order valence-electron chi connectivity index (χ4n) is 1.41. The van der Waals surface area contributed by atoms with Gasteiger partial charge in [0.2, 0.25) is 0 Å². The largest absolute Gasteiger partial charge is 0.329 e. The van der Waals surface area contributed by atoms with E-state index in [4.69, 9.17) is 0 Å². The third kappa shape index (κ3) is 4.32. The van der Waals surface area contributed by atoms with Gasteiger partial charge in [0.05, 0.1) is 0 Å². The van der Waals surface area contributed by atoms with Crippen LogP contribution in [0.5, 0.6) is 0 Å². The Labute approximate surface area is 87.7 Å². The van der Waals surface area contributed by atoms with Crippen molar-refractivity contribution in [2.24, 2.45) is 0 Å². The number of rotatable bonds is 0. The zero-order chi connectivity index (χ0) is 11.0. The lowest BCUT2D eigenvalue weighted by molar-refractivity contribution is -0.125. The second-order valence-electron chi connectivity index (χ2n) is 3.57. The molecule has 0 N–H and O–H groups in total. The fourth-order valence-corrected chi connectivity index (χ4v) is 1.41. The van der Waals surface area contributed by atoms with Gasteiger partial charge in [0.25, 0.3) is 5.91 Å². The Morgan fingerprint density at radius 2 is 2.07 bits per heavy atom. The molecule has 14 heavy (non-hydrogen) atoms. The van der Waals surface area contributed by atoms with Crippen molar-refractivity contribution in [3.63, 3.8) is 0 Å². The minimum Gasteiger partial charge on any atom is -0.329 e. The maximum atomic E-state index is 11.2. The van der Waals surface area contributed by atoms with Crippen molar-refractivity contribution in [1.82, 2.24) is 4.90 Å². The molecule has 1 saturated heterocycles. The van der Waals surface area contributed by atoms with E-state index >= 15 is 0 Å². The molecule has 1 rings (SSSR count). The summed E-state index contributed by atoms with van der Waals surface area (Å²) >= 11 is 0. The highest BCUT2D eigenvalue weighted by atomic mass is 16.2. The maximum Gasteiger partial charge on any atom is 0.298 e. The molecule has 1 fully saturated rings. The molecule has 1 atom stereocenters. The van der Waals surface area contributed by atoms with Crippen LogP contribution >= 0.6 is 0 Å². The molecule has 0 spiro atoms. The normalized spacial score (nSPS) is 19.1. The lowest BCUT2D eigenvalue weighted by Gasteiger charge is -2.17. The molecule has 0 aromatic carbocycles. The van der Waals surface area contributed by atoms with Crippen molar-refractivity contribution in [1.29, 1.82) is 0 Å². The van der Waals surface area contributed by atoms with E-state index in [-0.39, 0.29) is 5.91 Å². The van der Waals surface area contributed by atoms with Gasteiger partial charge in [0.1, 0.15) is 0 Å². The number of hydrogen-bond donors (Lipinski definition) is 0. The average Bonchev–Trinajstić information content (AvgIpc) is 2.53. The summed E-state index contributed by atoms with van der Waals surface area (Å²) in [6.45, 7) is 8.90. The van der Waals surface area contributed by atoms with Crippen molar-refractivity contribution in [2.45, 2.75) is 53.0 Å². The summed E-state index contributed by atoms with van der Waals surface area (Å²) in [5, 5.41) is 0. The van der Waals surface area contributed by atoms with Crippen molar-refractivity contribution in [3.8, 4) is 11.8 Å². The standard InChI is InChI=1S/C9H13NO.C3H8/c1-3-5-9(11)10-7-4-6-8(10)2;1-3-2/h8H,4,6-7H2,1-2H3;3H2,1-2H3. The predicted octanol–water partition coefficient (Wildman–Crippen LogP) is 2.44. The topological polar surface area (TPSA) is 20.3 Å². The van der Waals surface area contributed by atoms with Crippen LogP contribution in [0.25, 0.3) is 0 Å². The number of amides is 1. The van der Waals surface area contributed by atoms with Crippen LogP contribution in [0.2, 0.25) is 0 Å². The van der Waals surface area contributed by atoms with Crippen LogP contribution in [0.15, 0.2) is 0 Å². The van der Waals surface area contributed by atoms with Crippen LogP contribution in [-0.4, -0.2) is 23.4 Å². The first-order valence-electron chi connectivity index (χ1n) is 5.40. The molecule has 1 aliphatic rings. The Hall–Kier alpha value is -0.970.